The number of aromatic nitrogens is 2. The standard InChI is InChI=1S/C17H16ClN3O4S/c1-20-14-5-3-4-6-15(14)21(17(20)23)10-16(22)19-13-9-11(26(2,24)25)7-8-12(13)18/h3-9H,10H2,1-2H3,(H,19,22). The number of anilines is 1. The summed E-state index contributed by atoms with van der Waals surface area (Å²) < 4.78 is 26.1. The number of rotatable bonds is 4. The lowest BCUT2D eigenvalue weighted by molar-refractivity contribution is -0.116. The SMILES string of the molecule is Cn1c(=O)n(CC(=O)Nc2cc(S(C)(=O)=O)ccc2Cl)c2ccccc21. The van der Waals surface area contributed by atoms with E-state index in [0.717, 1.165) is 6.26 Å². The molecular formula is C17H16ClN3O4S. The minimum atomic E-state index is -3.44. The third kappa shape index (κ3) is 3.38. The first-order chi connectivity index (χ1) is 12.2. The van der Waals surface area contributed by atoms with Gasteiger partial charge in [-0.15, -0.1) is 0 Å². The number of benzene rings is 2. The van der Waals surface area contributed by atoms with E-state index in [1.807, 2.05) is 6.07 Å². The van der Waals surface area contributed by atoms with Crippen LogP contribution < -0.4 is 11.0 Å². The van der Waals surface area contributed by atoms with Crippen LogP contribution >= 0.6 is 11.6 Å². The maximum atomic E-state index is 12.4. The summed E-state index contributed by atoms with van der Waals surface area (Å²) >= 11 is 6.04. The number of amides is 1. The van der Waals surface area contributed by atoms with E-state index >= 15 is 0 Å². The normalized spacial score (nSPS) is 11.7. The fourth-order valence-corrected chi connectivity index (χ4v) is 3.49. The first-order valence-electron chi connectivity index (χ1n) is 7.62. The number of imidazole rings is 1. The molecule has 1 amide bonds. The molecule has 0 aliphatic heterocycles. The quantitative estimate of drug-likeness (QED) is 0.734. The molecule has 1 aromatic heterocycles. The van der Waals surface area contributed by atoms with Gasteiger partial charge in [-0.2, -0.15) is 0 Å². The van der Waals surface area contributed by atoms with Gasteiger partial charge in [-0.3, -0.25) is 13.9 Å². The van der Waals surface area contributed by atoms with Crippen molar-refractivity contribution >= 4 is 44.1 Å². The number of fused-ring (bicyclic) bond motifs is 1. The van der Waals surface area contributed by atoms with Crippen molar-refractivity contribution in [1.82, 2.24) is 9.13 Å². The van der Waals surface area contributed by atoms with Crippen molar-refractivity contribution < 1.29 is 13.2 Å². The zero-order valence-electron chi connectivity index (χ0n) is 14.1. The third-order valence-electron chi connectivity index (χ3n) is 3.99. The number of hydrogen-bond donors (Lipinski definition) is 1. The molecule has 0 atom stereocenters. The zero-order chi connectivity index (χ0) is 19.1. The van der Waals surface area contributed by atoms with Crippen LogP contribution in [0.4, 0.5) is 5.69 Å². The van der Waals surface area contributed by atoms with Crippen LogP contribution in [0.3, 0.4) is 0 Å². The molecule has 0 spiro atoms. The van der Waals surface area contributed by atoms with E-state index in [1.165, 1.54) is 27.3 Å². The van der Waals surface area contributed by atoms with Gasteiger partial charge in [0, 0.05) is 13.3 Å². The lowest BCUT2D eigenvalue weighted by Gasteiger charge is -2.09. The smallest absolute Gasteiger partial charge is 0.323 e. The Bertz CT molecular complexity index is 1180. The summed E-state index contributed by atoms with van der Waals surface area (Å²) in [5, 5.41) is 2.77. The molecule has 0 aliphatic carbocycles. The molecule has 0 radical (unpaired) electrons. The average molecular weight is 394 g/mol. The molecule has 0 saturated carbocycles. The van der Waals surface area contributed by atoms with Crippen molar-refractivity contribution in [2.45, 2.75) is 11.4 Å². The van der Waals surface area contributed by atoms with Crippen LogP contribution in [-0.2, 0) is 28.2 Å². The Morgan fingerprint density at radius 2 is 1.81 bits per heavy atom. The average Bonchev–Trinajstić information content (AvgIpc) is 2.81. The number of nitrogens with one attached hydrogen (secondary N) is 1. The summed E-state index contributed by atoms with van der Waals surface area (Å²) in [5.41, 5.74) is 1.19. The largest absolute Gasteiger partial charge is 0.329 e. The molecule has 0 bridgehead atoms. The Balaban J connectivity index is 1.92. The van der Waals surface area contributed by atoms with Gasteiger partial charge in [0.1, 0.15) is 6.54 Å². The molecule has 3 rings (SSSR count). The van der Waals surface area contributed by atoms with E-state index < -0.39 is 15.7 Å². The van der Waals surface area contributed by atoms with Crippen LogP contribution in [0.15, 0.2) is 52.2 Å². The number of sulfone groups is 1. The molecule has 1 N–H and O–H groups in total. The second-order valence-corrected chi connectivity index (χ2v) is 8.30. The van der Waals surface area contributed by atoms with Gasteiger partial charge in [-0.25, -0.2) is 13.2 Å². The molecule has 26 heavy (non-hydrogen) atoms. The van der Waals surface area contributed by atoms with Crippen LogP contribution in [0.1, 0.15) is 0 Å². The fourth-order valence-electron chi connectivity index (χ4n) is 2.68. The van der Waals surface area contributed by atoms with Crippen LogP contribution in [0.2, 0.25) is 5.02 Å². The maximum absolute atomic E-state index is 12.4. The van der Waals surface area contributed by atoms with Crippen molar-refractivity contribution in [2.24, 2.45) is 7.05 Å². The molecular weight excluding hydrogens is 378 g/mol. The van der Waals surface area contributed by atoms with Crippen LogP contribution in [0, 0.1) is 0 Å². The number of nitrogens with zero attached hydrogens (tertiary/aromatic N) is 2. The van der Waals surface area contributed by atoms with Crippen molar-refractivity contribution in [1.29, 1.82) is 0 Å². The zero-order valence-corrected chi connectivity index (χ0v) is 15.6. The lowest BCUT2D eigenvalue weighted by Crippen LogP contribution is -2.28. The first kappa shape index (κ1) is 18.2. The van der Waals surface area contributed by atoms with E-state index in [9.17, 15) is 18.0 Å². The van der Waals surface area contributed by atoms with Crippen molar-refractivity contribution in [3.63, 3.8) is 0 Å². The minimum Gasteiger partial charge on any atom is -0.323 e. The highest BCUT2D eigenvalue weighted by atomic mass is 35.5. The van der Waals surface area contributed by atoms with Gasteiger partial charge < -0.3 is 5.32 Å². The molecule has 9 heteroatoms. The highest BCUT2D eigenvalue weighted by Crippen LogP contribution is 2.25. The Kier molecular flexibility index (Phi) is 4.64. The highest BCUT2D eigenvalue weighted by Gasteiger charge is 2.15. The van der Waals surface area contributed by atoms with Gasteiger partial charge in [0.25, 0.3) is 0 Å². The molecule has 136 valence electrons. The van der Waals surface area contributed by atoms with Gasteiger partial charge in [0.05, 0.1) is 26.6 Å². The second kappa shape index (κ2) is 6.62. The number of halogens is 1. The summed E-state index contributed by atoms with van der Waals surface area (Å²) in [6.45, 7) is -0.223. The molecule has 1 heterocycles. The number of para-hydroxylation sites is 2. The topological polar surface area (TPSA) is 90.2 Å². The third-order valence-corrected chi connectivity index (χ3v) is 5.43. The maximum Gasteiger partial charge on any atom is 0.329 e. The predicted molar refractivity (Wildman–Crippen MR) is 100 cm³/mol. The summed E-state index contributed by atoms with van der Waals surface area (Å²) in [6.07, 6.45) is 1.07. The minimum absolute atomic E-state index is 0.0412. The monoisotopic (exact) mass is 393 g/mol. The van der Waals surface area contributed by atoms with Crippen LogP contribution in [0.25, 0.3) is 11.0 Å². The van der Waals surface area contributed by atoms with Crippen molar-refractivity contribution in [2.75, 3.05) is 11.6 Å². The molecule has 0 saturated heterocycles. The molecule has 0 fully saturated rings. The number of aryl methyl sites for hydroxylation is 1. The number of carbonyl (C=O) groups is 1. The molecule has 7 nitrogen and oxygen atoms in total. The first-order valence-corrected chi connectivity index (χ1v) is 9.89. The Hall–Kier alpha value is -2.58. The van der Waals surface area contributed by atoms with E-state index in [0.29, 0.717) is 11.0 Å². The van der Waals surface area contributed by atoms with Gasteiger partial charge in [0.2, 0.25) is 5.91 Å². The summed E-state index contributed by atoms with van der Waals surface area (Å²) in [6, 6.07) is 11.2. The van der Waals surface area contributed by atoms with Crippen molar-refractivity contribution in [3.8, 4) is 0 Å². The second-order valence-electron chi connectivity index (χ2n) is 5.88. The van der Waals surface area contributed by atoms with Crippen LogP contribution in [-0.4, -0.2) is 29.7 Å². The van der Waals surface area contributed by atoms with Gasteiger partial charge in [0.15, 0.2) is 9.84 Å². The number of hydrogen-bond acceptors (Lipinski definition) is 4. The Labute approximate surface area is 154 Å². The van der Waals surface area contributed by atoms with Gasteiger partial charge in [-0.1, -0.05) is 23.7 Å². The van der Waals surface area contributed by atoms with E-state index in [4.69, 9.17) is 11.6 Å². The fraction of sp³-hybridized carbons (Fsp3) is 0.176. The molecule has 2 aromatic carbocycles. The predicted octanol–water partition coefficient (Wildman–Crippen LogP) is 2.04. The van der Waals surface area contributed by atoms with Gasteiger partial charge >= 0.3 is 5.69 Å². The number of carbonyl (C=O) groups excluding carboxylic acids is 1. The summed E-state index contributed by atoms with van der Waals surface area (Å²) in [5.74, 6) is -0.490. The molecule has 0 unspecified atom stereocenters. The van der Waals surface area contributed by atoms with Crippen molar-refractivity contribution in [3.05, 3.63) is 58.0 Å². The van der Waals surface area contributed by atoms with Gasteiger partial charge in [-0.05, 0) is 30.3 Å². The van der Waals surface area contributed by atoms with E-state index in [1.54, 1.807) is 25.2 Å². The Morgan fingerprint density at radius 1 is 1.15 bits per heavy atom. The van der Waals surface area contributed by atoms with E-state index in [2.05, 4.69) is 5.32 Å². The molecule has 0 aliphatic rings. The Morgan fingerprint density at radius 3 is 2.46 bits per heavy atom. The summed E-state index contributed by atoms with van der Waals surface area (Å²) in [7, 11) is -1.81. The lowest BCUT2D eigenvalue weighted by atomic mass is 10.3. The molecule has 3 aromatic rings. The van der Waals surface area contributed by atoms with Crippen LogP contribution in [0.5, 0.6) is 0 Å². The van der Waals surface area contributed by atoms with E-state index in [-0.39, 0.29) is 27.8 Å². The summed E-state index contributed by atoms with van der Waals surface area (Å²) in [4.78, 5) is 24.8. The highest BCUT2D eigenvalue weighted by molar-refractivity contribution is 7.90.